The number of benzene rings is 2. The summed E-state index contributed by atoms with van der Waals surface area (Å²) in [7, 11) is 1.50. The molecule has 0 spiro atoms. The van der Waals surface area contributed by atoms with E-state index in [4.69, 9.17) is 24.7 Å². The van der Waals surface area contributed by atoms with Gasteiger partial charge in [-0.1, -0.05) is 12.1 Å². The predicted octanol–water partition coefficient (Wildman–Crippen LogP) is 1.97. The summed E-state index contributed by atoms with van der Waals surface area (Å²) in [6, 6.07) is 8.76. The lowest BCUT2D eigenvalue weighted by molar-refractivity contribution is -0.163. The monoisotopic (exact) mass is 452 g/mol. The minimum absolute atomic E-state index is 0.0603. The second kappa shape index (κ2) is 9.69. The van der Waals surface area contributed by atoms with Gasteiger partial charge >= 0.3 is 5.97 Å². The smallest absolute Gasteiger partial charge is 0.356 e. The van der Waals surface area contributed by atoms with Crippen molar-refractivity contribution < 1.29 is 37.3 Å². The first-order chi connectivity index (χ1) is 14.6. The molecule has 1 unspecified atom stereocenters. The van der Waals surface area contributed by atoms with Gasteiger partial charge in [0.1, 0.15) is 17.2 Å². The van der Waals surface area contributed by atoms with E-state index >= 15 is 0 Å². The number of carboxylic acids is 1. The molecule has 0 aliphatic heterocycles. The summed E-state index contributed by atoms with van der Waals surface area (Å²) >= 11 is 0. The number of methoxy groups -OCH3 is 4. The fraction of sp³-hybridized carbons (Fsp3) is 0.250. The van der Waals surface area contributed by atoms with Crippen LogP contribution in [-0.2, 0) is 25.3 Å². The number of hydrogen-bond acceptors (Lipinski definition) is 8. The van der Waals surface area contributed by atoms with Crippen LogP contribution >= 0.6 is 0 Å². The van der Waals surface area contributed by atoms with Crippen molar-refractivity contribution in [1.82, 2.24) is 0 Å². The summed E-state index contributed by atoms with van der Waals surface area (Å²) in [6.45, 7) is 0. The average molecular weight is 452 g/mol. The second-order valence-corrected chi connectivity index (χ2v) is 7.79. The number of nitrogens with two attached hydrogens (primary N) is 1. The van der Waals surface area contributed by atoms with Crippen LogP contribution in [0.1, 0.15) is 11.1 Å². The van der Waals surface area contributed by atoms with Gasteiger partial charge in [-0.2, -0.15) is 0 Å². The lowest BCUT2D eigenvalue weighted by Crippen LogP contribution is -2.46. The molecule has 2 aromatic rings. The largest absolute Gasteiger partial charge is 0.496 e. The molecule has 31 heavy (non-hydrogen) atoms. The van der Waals surface area contributed by atoms with Gasteiger partial charge in [0.15, 0.2) is 0 Å². The van der Waals surface area contributed by atoms with Crippen LogP contribution in [0, 0.1) is 0 Å². The number of ether oxygens (including phenoxy) is 4. The maximum atomic E-state index is 12.6. The molecule has 1 atom stereocenters. The van der Waals surface area contributed by atoms with Crippen molar-refractivity contribution in [3.05, 3.63) is 52.9 Å². The van der Waals surface area contributed by atoms with Gasteiger partial charge in [0.25, 0.3) is 10.0 Å². The topological polar surface area (TPSA) is 146 Å². The van der Waals surface area contributed by atoms with E-state index in [1.54, 1.807) is 12.1 Å². The van der Waals surface area contributed by atoms with Crippen molar-refractivity contribution in [2.45, 2.75) is 5.72 Å². The summed E-state index contributed by atoms with van der Waals surface area (Å²) in [4.78, 5) is 11.4. The molecule has 10 nitrogen and oxygen atoms in total. The molecular formula is C20H24N2O8S. The molecule has 0 saturated heterocycles. The summed E-state index contributed by atoms with van der Waals surface area (Å²) in [5, 5.41) is 10.2. The van der Waals surface area contributed by atoms with Crippen molar-refractivity contribution >= 4 is 27.8 Å². The van der Waals surface area contributed by atoms with Gasteiger partial charge in [0.2, 0.25) is 5.72 Å². The molecule has 11 heteroatoms. The zero-order valence-corrected chi connectivity index (χ0v) is 18.2. The van der Waals surface area contributed by atoms with Gasteiger partial charge in [-0.25, -0.2) is 13.2 Å². The van der Waals surface area contributed by atoms with E-state index < -0.39 is 21.7 Å². The molecule has 0 heterocycles. The van der Waals surface area contributed by atoms with Crippen LogP contribution in [0.5, 0.6) is 17.2 Å². The molecule has 2 aromatic carbocycles. The highest BCUT2D eigenvalue weighted by atomic mass is 32.2. The molecule has 0 bridgehead atoms. The third kappa shape index (κ3) is 5.45. The first-order valence-corrected chi connectivity index (χ1v) is 10.3. The van der Waals surface area contributed by atoms with Crippen LogP contribution < -0.4 is 24.7 Å². The number of anilines is 1. The highest BCUT2D eigenvalue weighted by molar-refractivity contribution is 7.95. The van der Waals surface area contributed by atoms with Crippen LogP contribution in [-0.4, -0.2) is 47.9 Å². The number of aliphatic carboxylic acids is 1. The van der Waals surface area contributed by atoms with E-state index in [0.717, 1.165) is 12.5 Å². The first-order valence-electron chi connectivity index (χ1n) is 8.79. The third-order valence-electron chi connectivity index (χ3n) is 4.36. The Hall–Kier alpha value is -3.28. The van der Waals surface area contributed by atoms with Crippen LogP contribution in [0.3, 0.4) is 0 Å². The van der Waals surface area contributed by atoms with Crippen LogP contribution in [0.25, 0.3) is 6.08 Å². The summed E-state index contributed by atoms with van der Waals surface area (Å²) in [6.07, 6.45) is 1.31. The fourth-order valence-corrected chi connectivity index (χ4v) is 3.53. The third-order valence-corrected chi connectivity index (χ3v) is 5.37. The van der Waals surface area contributed by atoms with Gasteiger partial charge in [-0.15, -0.1) is 0 Å². The molecular weight excluding hydrogens is 428 g/mol. The molecule has 0 saturated carbocycles. The minimum Gasteiger partial charge on any atom is -0.496 e. The molecule has 0 aliphatic rings. The molecule has 0 aliphatic carbocycles. The van der Waals surface area contributed by atoms with Crippen molar-refractivity contribution in [2.24, 2.45) is 5.73 Å². The molecule has 0 radical (unpaired) electrons. The fourth-order valence-electron chi connectivity index (χ4n) is 2.70. The number of rotatable bonds is 10. The average Bonchev–Trinajstić information content (AvgIpc) is 2.76. The Morgan fingerprint density at radius 3 is 2.16 bits per heavy atom. The van der Waals surface area contributed by atoms with Gasteiger partial charge in [-0.05, 0) is 18.2 Å². The van der Waals surface area contributed by atoms with Crippen molar-refractivity contribution in [2.75, 3.05) is 33.2 Å². The number of hydrogen-bond donors (Lipinski definition) is 3. The van der Waals surface area contributed by atoms with Crippen LogP contribution in [0.2, 0.25) is 0 Å². The van der Waals surface area contributed by atoms with Gasteiger partial charge in [0.05, 0.1) is 32.3 Å². The van der Waals surface area contributed by atoms with Crippen molar-refractivity contribution in [1.29, 1.82) is 0 Å². The van der Waals surface area contributed by atoms with Crippen LogP contribution in [0.15, 0.2) is 41.8 Å². The summed E-state index contributed by atoms with van der Waals surface area (Å²) in [5.74, 6) is -0.252. The number of carboxylic acid groups (broad SMARTS) is 1. The molecule has 168 valence electrons. The number of sulfonamides is 1. The Labute approximate surface area is 180 Å². The van der Waals surface area contributed by atoms with E-state index in [1.165, 1.54) is 51.7 Å². The summed E-state index contributed by atoms with van der Waals surface area (Å²) < 4.78 is 48.1. The van der Waals surface area contributed by atoms with Gasteiger partial charge in [0, 0.05) is 30.5 Å². The maximum absolute atomic E-state index is 12.6. The summed E-state index contributed by atoms with van der Waals surface area (Å²) in [5.41, 5.74) is 4.19. The minimum atomic E-state index is -3.99. The SMILES string of the molecule is COc1cc(OC)c(C=CS(=O)(=O)Nc2cccc(C(N)(OC)C(=O)O)c2)c(OC)c1. The van der Waals surface area contributed by atoms with E-state index in [2.05, 4.69) is 4.72 Å². The molecule has 0 fully saturated rings. The van der Waals surface area contributed by atoms with E-state index in [0.29, 0.717) is 22.8 Å². The lowest BCUT2D eigenvalue weighted by Gasteiger charge is -2.23. The predicted molar refractivity (Wildman–Crippen MR) is 115 cm³/mol. The Kier molecular flexibility index (Phi) is 7.50. The molecule has 0 aromatic heterocycles. The van der Waals surface area contributed by atoms with Gasteiger partial charge in [-0.3, -0.25) is 10.5 Å². The standard InChI is InChI=1S/C20H24N2O8S/c1-27-15-11-17(28-2)16(18(12-15)29-3)8-9-31(25,26)22-14-7-5-6-13(10-14)20(21,30-4)19(23)24/h5-12,22H,21H2,1-4H3,(H,23,24). The lowest BCUT2D eigenvalue weighted by atomic mass is 10.0. The normalized spacial score (nSPS) is 13.5. The number of nitrogens with one attached hydrogen (secondary N) is 1. The van der Waals surface area contributed by atoms with E-state index in [-0.39, 0.29) is 11.3 Å². The molecule has 0 amide bonds. The maximum Gasteiger partial charge on any atom is 0.356 e. The Morgan fingerprint density at radius 1 is 1.06 bits per heavy atom. The first kappa shape index (κ1) is 24.0. The van der Waals surface area contributed by atoms with Gasteiger partial charge < -0.3 is 24.1 Å². The van der Waals surface area contributed by atoms with Crippen molar-refractivity contribution in [3.8, 4) is 17.2 Å². The Morgan fingerprint density at radius 2 is 1.68 bits per heavy atom. The molecule has 4 N–H and O–H groups in total. The number of carbonyl (C=O) groups is 1. The Bertz CT molecular complexity index is 1060. The zero-order chi connectivity index (χ0) is 23.2. The van der Waals surface area contributed by atoms with Crippen LogP contribution in [0.4, 0.5) is 5.69 Å². The van der Waals surface area contributed by atoms with E-state index in [9.17, 15) is 18.3 Å². The highest BCUT2D eigenvalue weighted by Crippen LogP contribution is 2.35. The molecule has 2 rings (SSSR count). The quantitative estimate of drug-likeness (QED) is 0.460. The Balaban J connectivity index is 2.36. The zero-order valence-electron chi connectivity index (χ0n) is 17.4. The second-order valence-electron chi connectivity index (χ2n) is 6.22. The van der Waals surface area contributed by atoms with Crippen molar-refractivity contribution in [3.63, 3.8) is 0 Å². The highest BCUT2D eigenvalue weighted by Gasteiger charge is 2.36. The van der Waals surface area contributed by atoms with E-state index in [1.807, 2.05) is 0 Å².